The molecule has 2 heterocycles. The van der Waals surface area contributed by atoms with E-state index >= 15 is 0 Å². The van der Waals surface area contributed by atoms with Crippen LogP contribution >= 0.6 is 0 Å². The number of hydrogen-bond acceptors (Lipinski definition) is 15. The molecule has 0 radical (unpaired) electrons. The first-order chi connectivity index (χ1) is 24.2. The van der Waals surface area contributed by atoms with Crippen LogP contribution in [0.5, 0.6) is 5.75 Å². The molecule has 2 aliphatic heterocycles. The van der Waals surface area contributed by atoms with Gasteiger partial charge in [0.05, 0.1) is 31.2 Å². The number of unbranched alkanes of at least 4 members (excludes halogenated alkanes) is 1. The Morgan fingerprint density at radius 1 is 0.660 bits per heavy atom. The summed E-state index contributed by atoms with van der Waals surface area (Å²) in [6.07, 6.45) is -14.3. The molecule has 0 aromatic heterocycles. The van der Waals surface area contributed by atoms with Crippen LogP contribution in [0.25, 0.3) is 0 Å². The van der Waals surface area contributed by atoms with E-state index in [-0.39, 0.29) is 19.0 Å². The molecule has 0 amide bonds. The average Bonchev–Trinajstić information content (AvgIpc) is 3.15. The van der Waals surface area contributed by atoms with Crippen LogP contribution < -0.4 is 4.74 Å². The number of aliphatic hydroxyl groups excluding tert-OH is 7. The van der Waals surface area contributed by atoms with Crippen molar-refractivity contribution in [1.82, 2.24) is 0 Å². The molecule has 0 saturated carbocycles. The molecule has 270 valence electrons. The predicted octanol–water partition coefficient (Wildman–Crippen LogP) is 1.13. The van der Waals surface area contributed by atoms with E-state index in [1.165, 1.54) is 0 Å². The third kappa shape index (κ3) is 9.54. The fraction of sp³-hybridized carbons (Fsp3) is 0.457. The fourth-order valence-corrected chi connectivity index (χ4v) is 5.41. The van der Waals surface area contributed by atoms with Crippen LogP contribution in [0, 0.1) is 0 Å². The van der Waals surface area contributed by atoms with Crippen molar-refractivity contribution >= 4 is 17.2 Å². The number of carbonyl (C=O) groups is 1. The van der Waals surface area contributed by atoms with Crippen molar-refractivity contribution in [1.29, 1.82) is 0 Å². The molecule has 2 fully saturated rings. The maximum atomic E-state index is 12.6. The number of nitrogens with zero attached hydrogens (tertiary/aromatic N) is 2. The fourth-order valence-electron chi connectivity index (χ4n) is 5.41. The molecule has 7 N–H and O–H groups in total. The number of aliphatic hydroxyl groups is 7. The van der Waals surface area contributed by atoms with Crippen molar-refractivity contribution in [2.45, 2.75) is 74.3 Å². The van der Waals surface area contributed by atoms with Gasteiger partial charge in [-0.3, -0.25) is 4.79 Å². The number of benzene rings is 3. The zero-order valence-corrected chi connectivity index (χ0v) is 27.0. The molecule has 50 heavy (non-hydrogen) atoms. The van der Waals surface area contributed by atoms with E-state index in [0.717, 1.165) is 0 Å². The molecular formula is C35H42N2O13. The maximum Gasteiger partial charge on any atom is 0.193 e. The van der Waals surface area contributed by atoms with Gasteiger partial charge in [0.2, 0.25) is 0 Å². The Balaban J connectivity index is 0.999. The standard InChI is InChI=1S/C35H42N2O13/c38-18-25-33(30(42)31(43)34(45)48-25)50-35-32(44)29(41)28(40)26(49-35)19-46-16-4-5-17-47-24-14-12-23(13-15-24)37-36-22-10-8-21(9-11-22)27(39)20-6-2-1-3-7-20/h1-3,6-15,25-26,28-35,38,40-45H,4-5,16-19H2/t25-,26-,28+,29+,30-,31-,32-,33-,34?,35+/m1/s1. The van der Waals surface area contributed by atoms with Gasteiger partial charge in [0, 0.05) is 17.7 Å². The van der Waals surface area contributed by atoms with Crippen LogP contribution in [-0.4, -0.2) is 129 Å². The zero-order chi connectivity index (χ0) is 35.6. The van der Waals surface area contributed by atoms with Crippen molar-refractivity contribution in [3.63, 3.8) is 0 Å². The Morgan fingerprint density at radius 3 is 1.94 bits per heavy atom. The lowest BCUT2D eigenvalue weighted by molar-refractivity contribution is -0.355. The summed E-state index contributed by atoms with van der Waals surface area (Å²) in [7, 11) is 0. The van der Waals surface area contributed by atoms with Gasteiger partial charge in [0.15, 0.2) is 18.4 Å². The number of rotatable bonds is 15. The zero-order valence-electron chi connectivity index (χ0n) is 27.0. The SMILES string of the molecule is O=C(c1ccccc1)c1ccc(N=Nc2ccc(OCCCCOC[C@H]3O[C@@H](O[C@H]4[C@H](O)[C@@H](O)C(O)O[C@@H]4CO)[C@H](O)[C@@H](O)[C@H]3O)cc2)cc1. The highest BCUT2D eigenvalue weighted by molar-refractivity contribution is 6.09. The van der Waals surface area contributed by atoms with Gasteiger partial charge < -0.3 is 59.4 Å². The first-order valence-corrected chi connectivity index (χ1v) is 16.2. The van der Waals surface area contributed by atoms with Crippen LogP contribution in [0.15, 0.2) is 89.1 Å². The molecule has 3 aromatic carbocycles. The minimum absolute atomic E-state index is 0.0629. The Labute approximate surface area is 287 Å². The van der Waals surface area contributed by atoms with E-state index in [1.807, 2.05) is 18.2 Å². The number of hydrogen-bond donors (Lipinski definition) is 7. The van der Waals surface area contributed by atoms with E-state index in [9.17, 15) is 40.5 Å². The van der Waals surface area contributed by atoms with Crippen molar-refractivity contribution in [2.75, 3.05) is 26.4 Å². The molecule has 0 aliphatic carbocycles. The van der Waals surface area contributed by atoms with Crippen molar-refractivity contribution in [2.24, 2.45) is 10.2 Å². The van der Waals surface area contributed by atoms with Crippen molar-refractivity contribution in [3.8, 4) is 5.75 Å². The molecular weight excluding hydrogens is 656 g/mol. The minimum atomic E-state index is -1.77. The third-order valence-electron chi connectivity index (χ3n) is 8.32. The van der Waals surface area contributed by atoms with Crippen molar-refractivity contribution < 1.29 is 64.2 Å². The maximum absolute atomic E-state index is 12.6. The Kier molecular flexibility index (Phi) is 13.5. The Morgan fingerprint density at radius 2 is 1.28 bits per heavy atom. The van der Waals surface area contributed by atoms with E-state index in [4.69, 9.17) is 23.7 Å². The van der Waals surface area contributed by atoms with Gasteiger partial charge in [-0.15, -0.1) is 0 Å². The molecule has 2 aliphatic rings. The van der Waals surface area contributed by atoms with Gasteiger partial charge in [-0.2, -0.15) is 10.2 Å². The summed E-state index contributed by atoms with van der Waals surface area (Å²) in [5.41, 5.74) is 2.42. The topological polar surface area (TPSA) is 230 Å². The van der Waals surface area contributed by atoms with Crippen LogP contribution in [0.2, 0.25) is 0 Å². The summed E-state index contributed by atoms with van der Waals surface area (Å²) in [5.74, 6) is 0.581. The number of ether oxygens (including phenoxy) is 5. The van der Waals surface area contributed by atoms with Crippen LogP contribution in [0.1, 0.15) is 28.8 Å². The predicted molar refractivity (Wildman–Crippen MR) is 174 cm³/mol. The normalized spacial score (nSPS) is 30.0. The molecule has 10 atom stereocenters. The minimum Gasteiger partial charge on any atom is -0.494 e. The number of azo groups is 1. The molecule has 3 aromatic rings. The number of ketones is 1. The van der Waals surface area contributed by atoms with Gasteiger partial charge in [-0.25, -0.2) is 0 Å². The van der Waals surface area contributed by atoms with Gasteiger partial charge in [0.1, 0.15) is 54.6 Å². The van der Waals surface area contributed by atoms with Crippen molar-refractivity contribution in [3.05, 3.63) is 90.0 Å². The average molecular weight is 699 g/mol. The van der Waals surface area contributed by atoms with E-state index in [1.54, 1.807) is 60.7 Å². The summed E-state index contributed by atoms with van der Waals surface area (Å²) in [6, 6.07) is 23.0. The lowest BCUT2D eigenvalue weighted by Gasteiger charge is -2.45. The lowest BCUT2D eigenvalue weighted by Crippen LogP contribution is -2.64. The van der Waals surface area contributed by atoms with Crippen LogP contribution in [0.3, 0.4) is 0 Å². The largest absolute Gasteiger partial charge is 0.494 e. The molecule has 0 spiro atoms. The van der Waals surface area contributed by atoms with E-state index < -0.39 is 68.0 Å². The van der Waals surface area contributed by atoms with Crippen LogP contribution in [0.4, 0.5) is 11.4 Å². The molecule has 15 heteroatoms. The Hall–Kier alpha value is -3.71. The quantitative estimate of drug-likeness (QED) is 0.0672. The Bertz CT molecular complexity index is 1510. The van der Waals surface area contributed by atoms with E-state index in [2.05, 4.69) is 10.2 Å². The highest BCUT2D eigenvalue weighted by Crippen LogP contribution is 2.29. The van der Waals surface area contributed by atoms with Gasteiger partial charge >= 0.3 is 0 Å². The second kappa shape index (κ2) is 18.0. The second-order valence-electron chi connectivity index (χ2n) is 11.9. The molecule has 5 rings (SSSR count). The molecule has 2 saturated heterocycles. The number of carbonyl (C=O) groups excluding carboxylic acids is 1. The first-order valence-electron chi connectivity index (χ1n) is 16.2. The summed E-state index contributed by atoms with van der Waals surface area (Å²) in [6.45, 7) is -0.177. The molecule has 15 nitrogen and oxygen atoms in total. The summed E-state index contributed by atoms with van der Waals surface area (Å²) in [5, 5.41) is 79.1. The molecule has 1 unspecified atom stereocenters. The highest BCUT2D eigenvalue weighted by atomic mass is 16.7. The first kappa shape index (κ1) is 37.5. The monoisotopic (exact) mass is 698 g/mol. The summed E-state index contributed by atoms with van der Waals surface area (Å²) >= 11 is 0. The van der Waals surface area contributed by atoms with Gasteiger partial charge in [-0.05, 0) is 61.4 Å². The molecule has 0 bridgehead atoms. The second-order valence-corrected chi connectivity index (χ2v) is 11.9. The van der Waals surface area contributed by atoms with Gasteiger partial charge in [0.25, 0.3) is 0 Å². The highest BCUT2D eigenvalue weighted by Gasteiger charge is 2.50. The van der Waals surface area contributed by atoms with E-state index in [0.29, 0.717) is 47.7 Å². The summed E-state index contributed by atoms with van der Waals surface area (Å²) in [4.78, 5) is 12.6. The smallest absolute Gasteiger partial charge is 0.193 e. The van der Waals surface area contributed by atoms with Crippen LogP contribution in [-0.2, 0) is 18.9 Å². The third-order valence-corrected chi connectivity index (χ3v) is 8.32. The lowest BCUT2D eigenvalue weighted by atomic mass is 9.97. The van der Waals surface area contributed by atoms with Gasteiger partial charge in [-0.1, -0.05) is 30.3 Å². The summed E-state index contributed by atoms with van der Waals surface area (Å²) < 4.78 is 27.6.